The van der Waals surface area contributed by atoms with Crippen molar-refractivity contribution >= 4 is 11.9 Å². The fraction of sp³-hybridized carbons (Fsp3) is 0.958. The van der Waals surface area contributed by atoms with Gasteiger partial charge in [0.1, 0.15) is 12.2 Å². The number of ether oxygens (including phenoxy) is 2. The van der Waals surface area contributed by atoms with Crippen molar-refractivity contribution in [2.75, 3.05) is 13.1 Å². The number of carbonyl (C=O) groups excluding carboxylic acids is 2. The number of hydrogen-bond donors (Lipinski definition) is 1. The molecule has 0 aromatic rings. The highest BCUT2D eigenvalue weighted by Crippen LogP contribution is 2.25. The van der Waals surface area contributed by atoms with Gasteiger partial charge in [-0.1, -0.05) is 163 Å². The van der Waals surface area contributed by atoms with Gasteiger partial charge in [0.25, 0.3) is 0 Å². The van der Waals surface area contributed by atoms with Crippen LogP contribution < -0.4 is 0 Å². The number of unbranched alkanes of at least 4 members (excludes halogenated alkanes) is 22. The van der Waals surface area contributed by atoms with E-state index in [9.17, 15) is 16.1 Å². The molecular weight excluding hydrogens is 671 g/mol. The van der Waals surface area contributed by atoms with Gasteiger partial charge < -0.3 is 14.6 Å². The average molecular weight is 765 g/mol. The van der Waals surface area contributed by atoms with Gasteiger partial charge in [0.2, 0.25) is 0 Å². The largest absolute Gasteiger partial charge is 0.462 e. The Balaban J connectivity index is 2.30. The van der Waals surface area contributed by atoms with E-state index in [2.05, 4.69) is 32.6 Å². The Kier molecular flexibility index (Phi) is 34.0. The van der Waals surface area contributed by atoms with Gasteiger partial charge in [-0.15, -0.1) is 0 Å². The summed E-state index contributed by atoms with van der Waals surface area (Å²) in [6.45, 7) is 10.3. The Morgan fingerprint density at radius 2 is 0.889 bits per heavy atom. The van der Waals surface area contributed by atoms with Crippen LogP contribution in [-0.4, -0.2) is 59.4 Å². The monoisotopic (exact) mass is 765 g/mol. The van der Waals surface area contributed by atoms with E-state index >= 15 is 0 Å². The fourth-order valence-corrected chi connectivity index (χ4v) is 8.15. The summed E-state index contributed by atoms with van der Waals surface area (Å²) in [6, 6.07) is -0.703. The molecule has 1 aliphatic heterocycles. The summed E-state index contributed by atoms with van der Waals surface area (Å²) in [6.07, 6.45) is 38.6. The lowest BCUT2D eigenvalue weighted by Gasteiger charge is -2.24. The van der Waals surface area contributed by atoms with Crippen molar-refractivity contribution in [1.82, 2.24) is 4.90 Å². The molecule has 4 atom stereocenters. The summed E-state index contributed by atoms with van der Waals surface area (Å²) in [5, 5.41) is 10.5. The number of rotatable bonds is 40. The zero-order chi connectivity index (χ0) is 40.2. The number of hydrogen-bond acceptors (Lipinski definition) is 6. The van der Waals surface area contributed by atoms with E-state index in [0.29, 0.717) is 25.8 Å². The zero-order valence-corrected chi connectivity index (χ0v) is 36.6. The minimum atomic E-state index is -0.703. The third-order valence-corrected chi connectivity index (χ3v) is 11.6. The van der Waals surface area contributed by atoms with E-state index in [1.54, 1.807) is 0 Å². The third kappa shape index (κ3) is 30.1. The van der Waals surface area contributed by atoms with Crippen LogP contribution in [0.15, 0.2) is 0 Å². The standard InChI is InChI=1S/C48H93NO5/c1-5-9-13-17-21-28-36-45(34-26-15-11-7-3)53-47(51)38-30-23-19-20-25-33-43-41-44(50)42-49(43)40-32-24-31-39-48(52)54-46(35-27-16-12-8-4)37-29-22-18-14-10-6-2/h43-46,50H,5-42H2,1-4H3/t43-,44?,45?,46?/m0/s1/i43D. The maximum atomic E-state index is 12.8. The van der Waals surface area contributed by atoms with Crippen molar-refractivity contribution in [2.45, 2.75) is 283 Å². The summed E-state index contributed by atoms with van der Waals surface area (Å²) in [5.41, 5.74) is 0. The van der Waals surface area contributed by atoms with Crippen molar-refractivity contribution in [3.8, 4) is 0 Å². The molecule has 0 spiro atoms. The summed E-state index contributed by atoms with van der Waals surface area (Å²) in [5.74, 6) is -0.0603. The predicted molar refractivity (Wildman–Crippen MR) is 230 cm³/mol. The topological polar surface area (TPSA) is 76.1 Å². The minimum Gasteiger partial charge on any atom is -0.462 e. The molecule has 54 heavy (non-hydrogen) atoms. The van der Waals surface area contributed by atoms with Crippen molar-refractivity contribution in [3.05, 3.63) is 0 Å². The Morgan fingerprint density at radius 3 is 1.33 bits per heavy atom. The molecule has 1 rings (SSSR count). The lowest BCUT2D eigenvalue weighted by Crippen LogP contribution is -2.30. The van der Waals surface area contributed by atoms with Gasteiger partial charge in [-0.2, -0.15) is 0 Å². The van der Waals surface area contributed by atoms with Crippen LogP contribution in [0.1, 0.15) is 260 Å². The van der Waals surface area contributed by atoms with Gasteiger partial charge in [-0.25, -0.2) is 0 Å². The maximum Gasteiger partial charge on any atom is 0.306 e. The molecule has 320 valence electrons. The molecule has 1 heterocycles. The predicted octanol–water partition coefficient (Wildman–Crippen LogP) is 14.0. The van der Waals surface area contributed by atoms with E-state index in [0.717, 1.165) is 116 Å². The number of nitrogens with zero attached hydrogens (tertiary/aromatic N) is 1. The first kappa shape index (κ1) is 49.0. The van der Waals surface area contributed by atoms with E-state index in [4.69, 9.17) is 9.47 Å². The van der Waals surface area contributed by atoms with Gasteiger partial charge in [-0.3, -0.25) is 14.5 Å². The summed E-state index contributed by atoms with van der Waals surface area (Å²) < 4.78 is 21.2. The Morgan fingerprint density at radius 1 is 0.537 bits per heavy atom. The second kappa shape index (κ2) is 37.4. The molecular formula is C48H93NO5. The molecule has 1 N–H and O–H groups in total. The van der Waals surface area contributed by atoms with Gasteiger partial charge in [0.05, 0.1) is 6.10 Å². The number of aliphatic hydroxyl groups excluding tert-OH is 1. The lowest BCUT2D eigenvalue weighted by molar-refractivity contribution is -0.151. The summed E-state index contributed by atoms with van der Waals surface area (Å²) in [7, 11) is 0. The molecule has 0 aliphatic carbocycles. The smallest absolute Gasteiger partial charge is 0.306 e. The number of esters is 2. The van der Waals surface area contributed by atoms with Gasteiger partial charge >= 0.3 is 11.9 Å². The number of β-amino-alcohol motifs (C(OH)–C–C–N with tert-alkyl or cyclic N) is 1. The molecule has 1 saturated heterocycles. The van der Waals surface area contributed by atoms with Crippen LogP contribution >= 0.6 is 0 Å². The van der Waals surface area contributed by atoms with Crippen molar-refractivity contribution in [1.29, 1.82) is 0 Å². The first-order valence-corrected chi connectivity index (χ1v) is 24.1. The molecule has 0 aromatic heterocycles. The molecule has 1 fully saturated rings. The average Bonchev–Trinajstić information content (AvgIpc) is 3.45. The highest BCUT2D eigenvalue weighted by atomic mass is 16.5. The SMILES string of the molecule is [2H][C@]1(CCCCCCCC(=O)OC(CCCCCC)CCCCCCCC)CC(O)CN1CCCCCC(=O)OC(CCCCCC)CCCCCCCC. The summed E-state index contributed by atoms with van der Waals surface area (Å²) in [4.78, 5) is 27.7. The normalized spacial score (nSPS) is 18.8. The third-order valence-electron chi connectivity index (χ3n) is 11.6. The van der Waals surface area contributed by atoms with Gasteiger partial charge in [0, 0.05) is 26.8 Å². The summed E-state index contributed by atoms with van der Waals surface area (Å²) >= 11 is 0. The molecule has 0 amide bonds. The van der Waals surface area contributed by atoms with Crippen LogP contribution in [0.5, 0.6) is 0 Å². The molecule has 6 nitrogen and oxygen atoms in total. The molecule has 1 aliphatic rings. The van der Waals surface area contributed by atoms with Crippen molar-refractivity contribution in [2.24, 2.45) is 0 Å². The van der Waals surface area contributed by atoms with Crippen molar-refractivity contribution in [3.63, 3.8) is 0 Å². The van der Waals surface area contributed by atoms with Gasteiger partial charge in [-0.05, 0) is 90.0 Å². The Hall–Kier alpha value is -1.14. The molecule has 0 aromatic carbocycles. The minimum absolute atomic E-state index is 0.0189. The Labute approximate surface area is 337 Å². The lowest BCUT2D eigenvalue weighted by atomic mass is 10.0. The molecule has 6 heteroatoms. The molecule has 0 saturated carbocycles. The van der Waals surface area contributed by atoms with Crippen LogP contribution in [0.2, 0.25) is 0 Å². The van der Waals surface area contributed by atoms with Crippen LogP contribution in [0, 0.1) is 0 Å². The van der Waals surface area contributed by atoms with Gasteiger partial charge in [0.15, 0.2) is 0 Å². The van der Waals surface area contributed by atoms with E-state index in [1.165, 1.54) is 103 Å². The maximum absolute atomic E-state index is 12.8. The Bertz CT molecular complexity index is 888. The molecule has 0 radical (unpaired) electrons. The first-order chi connectivity index (χ1) is 26.8. The van der Waals surface area contributed by atoms with E-state index < -0.39 is 12.1 Å². The van der Waals surface area contributed by atoms with Crippen LogP contribution in [0.25, 0.3) is 0 Å². The van der Waals surface area contributed by atoms with E-state index in [-0.39, 0.29) is 24.1 Å². The highest BCUT2D eigenvalue weighted by Gasteiger charge is 2.29. The first-order valence-electron chi connectivity index (χ1n) is 24.6. The molecule has 0 bridgehead atoms. The van der Waals surface area contributed by atoms with E-state index in [1.807, 2.05) is 0 Å². The van der Waals surface area contributed by atoms with Crippen LogP contribution in [0.4, 0.5) is 0 Å². The zero-order valence-electron chi connectivity index (χ0n) is 37.6. The molecule has 3 unspecified atom stereocenters. The van der Waals surface area contributed by atoms with Crippen LogP contribution in [0.3, 0.4) is 0 Å². The number of aliphatic hydroxyl groups is 1. The highest BCUT2D eigenvalue weighted by molar-refractivity contribution is 5.69. The quantitative estimate of drug-likeness (QED) is 0.0495. The second-order valence-corrected chi connectivity index (χ2v) is 17.0. The second-order valence-electron chi connectivity index (χ2n) is 17.0. The van der Waals surface area contributed by atoms with Crippen molar-refractivity contribution < 1.29 is 25.5 Å². The number of carbonyl (C=O) groups is 2. The van der Waals surface area contributed by atoms with Crippen LogP contribution in [-0.2, 0) is 19.1 Å². The number of likely N-dealkylation sites (tertiary alicyclic amines) is 1. The fourth-order valence-electron chi connectivity index (χ4n) is 8.15.